The molecule has 96 valence electrons. The van der Waals surface area contributed by atoms with Crippen LogP contribution in [0.1, 0.15) is 21.9 Å². The first kappa shape index (κ1) is 12.6. The van der Waals surface area contributed by atoms with Gasteiger partial charge in [0, 0.05) is 19.2 Å². The van der Waals surface area contributed by atoms with Gasteiger partial charge >= 0.3 is 5.97 Å². The summed E-state index contributed by atoms with van der Waals surface area (Å²) >= 11 is 0. The van der Waals surface area contributed by atoms with Gasteiger partial charge in [0.05, 0.1) is 12.6 Å². The van der Waals surface area contributed by atoms with Crippen molar-refractivity contribution in [1.82, 2.24) is 14.7 Å². The Morgan fingerprint density at radius 1 is 1.56 bits per heavy atom. The lowest BCUT2D eigenvalue weighted by atomic mass is 10.2. The van der Waals surface area contributed by atoms with Crippen LogP contribution in [0.2, 0.25) is 0 Å². The lowest BCUT2D eigenvalue weighted by molar-refractivity contribution is 0.0596. The number of methoxy groups -OCH3 is 1. The number of likely N-dealkylation sites (N-methyl/N-ethyl adjacent to an activating group) is 1. The maximum Gasteiger partial charge on any atom is 0.358 e. The van der Waals surface area contributed by atoms with Crippen LogP contribution >= 0.6 is 0 Å². The van der Waals surface area contributed by atoms with Gasteiger partial charge in [0.1, 0.15) is 5.82 Å². The van der Waals surface area contributed by atoms with E-state index in [1.807, 2.05) is 36.7 Å². The lowest BCUT2D eigenvalue weighted by Crippen LogP contribution is -2.12. The number of imidazole rings is 1. The van der Waals surface area contributed by atoms with Crippen molar-refractivity contribution in [3.63, 3.8) is 0 Å². The zero-order valence-corrected chi connectivity index (χ0v) is 10.9. The van der Waals surface area contributed by atoms with Crippen LogP contribution in [-0.2, 0) is 11.2 Å². The van der Waals surface area contributed by atoms with Crippen LogP contribution in [0.25, 0.3) is 5.52 Å². The van der Waals surface area contributed by atoms with Crippen molar-refractivity contribution < 1.29 is 9.53 Å². The number of nitrogens with zero attached hydrogens (tertiary/aromatic N) is 2. The summed E-state index contributed by atoms with van der Waals surface area (Å²) in [6.07, 6.45) is 2.69. The summed E-state index contributed by atoms with van der Waals surface area (Å²) in [4.78, 5) is 16.2. The Bertz CT molecular complexity index is 575. The molecule has 0 aliphatic rings. The summed E-state index contributed by atoms with van der Waals surface area (Å²) in [5.74, 6) is 0.473. The van der Waals surface area contributed by atoms with Gasteiger partial charge in [0.2, 0.25) is 0 Å². The smallest absolute Gasteiger partial charge is 0.358 e. The fourth-order valence-corrected chi connectivity index (χ4v) is 2.02. The number of hydrogen-bond acceptors (Lipinski definition) is 4. The number of nitrogens with one attached hydrogen (secondary N) is 1. The van der Waals surface area contributed by atoms with Crippen molar-refractivity contribution in [1.29, 1.82) is 0 Å². The van der Waals surface area contributed by atoms with Crippen LogP contribution in [0.5, 0.6) is 0 Å². The van der Waals surface area contributed by atoms with E-state index in [4.69, 9.17) is 4.74 Å². The number of esters is 1. The molecule has 0 aliphatic heterocycles. The second kappa shape index (κ2) is 5.18. The maximum absolute atomic E-state index is 11.8. The summed E-state index contributed by atoms with van der Waals surface area (Å²) in [5, 5.41) is 3.08. The molecule has 5 nitrogen and oxygen atoms in total. The van der Waals surface area contributed by atoms with Crippen molar-refractivity contribution in [2.75, 3.05) is 20.7 Å². The van der Waals surface area contributed by atoms with Gasteiger partial charge in [-0.3, -0.25) is 0 Å². The van der Waals surface area contributed by atoms with E-state index in [0.717, 1.165) is 29.9 Å². The molecule has 2 rings (SSSR count). The number of aryl methyl sites for hydroxylation is 1. The average Bonchev–Trinajstić information content (AvgIpc) is 2.76. The summed E-state index contributed by atoms with van der Waals surface area (Å²) in [5.41, 5.74) is 2.23. The van der Waals surface area contributed by atoms with E-state index in [1.54, 1.807) is 0 Å². The topological polar surface area (TPSA) is 55.6 Å². The number of aromatic nitrogens is 2. The standard InChI is InChI=1S/C13H17N3O2/c1-9-5-4-8-16-10(6-7-14-2)15-11(12(9)16)13(17)18-3/h4-5,8,14H,6-7H2,1-3H3. The van der Waals surface area contributed by atoms with Gasteiger partial charge in [0.15, 0.2) is 5.69 Å². The number of carbonyl (C=O) groups is 1. The van der Waals surface area contributed by atoms with E-state index in [0.29, 0.717) is 5.69 Å². The van der Waals surface area contributed by atoms with E-state index < -0.39 is 5.97 Å². The Morgan fingerprint density at radius 3 is 3.00 bits per heavy atom. The average molecular weight is 247 g/mol. The summed E-state index contributed by atoms with van der Waals surface area (Å²) in [6.45, 7) is 2.78. The van der Waals surface area contributed by atoms with Gasteiger partial charge in [-0.15, -0.1) is 0 Å². The summed E-state index contributed by atoms with van der Waals surface area (Å²) in [7, 11) is 3.27. The largest absolute Gasteiger partial charge is 0.464 e. The molecule has 0 fully saturated rings. The SMILES string of the molecule is CNCCc1nc(C(=O)OC)c2c(C)cccn12. The predicted molar refractivity (Wildman–Crippen MR) is 68.9 cm³/mol. The first-order valence-electron chi connectivity index (χ1n) is 5.88. The monoisotopic (exact) mass is 247 g/mol. The van der Waals surface area contributed by atoms with Gasteiger partial charge in [0.25, 0.3) is 0 Å². The zero-order chi connectivity index (χ0) is 13.1. The molecule has 1 N–H and O–H groups in total. The van der Waals surface area contributed by atoms with Gasteiger partial charge in [-0.25, -0.2) is 9.78 Å². The quantitative estimate of drug-likeness (QED) is 0.825. The molecule has 2 aromatic heterocycles. The Labute approximate surface area is 106 Å². The summed E-state index contributed by atoms with van der Waals surface area (Å²) < 4.78 is 6.74. The van der Waals surface area contributed by atoms with E-state index in [-0.39, 0.29) is 0 Å². The molecule has 0 aliphatic carbocycles. The number of rotatable bonds is 4. The molecule has 2 heterocycles. The number of pyridine rings is 1. The van der Waals surface area contributed by atoms with Crippen LogP contribution in [0, 0.1) is 6.92 Å². The van der Waals surface area contributed by atoms with Crippen molar-refractivity contribution in [3.05, 3.63) is 35.4 Å². The van der Waals surface area contributed by atoms with Crippen LogP contribution < -0.4 is 5.32 Å². The third-order valence-corrected chi connectivity index (χ3v) is 2.92. The molecule has 18 heavy (non-hydrogen) atoms. The Hall–Kier alpha value is -1.88. The Morgan fingerprint density at radius 2 is 2.33 bits per heavy atom. The van der Waals surface area contributed by atoms with Gasteiger partial charge in [-0.1, -0.05) is 6.07 Å². The normalized spacial score (nSPS) is 10.8. The molecule has 0 saturated carbocycles. The molecule has 0 aromatic carbocycles. The highest BCUT2D eigenvalue weighted by molar-refractivity contribution is 5.96. The van der Waals surface area contributed by atoms with Crippen LogP contribution in [0.4, 0.5) is 0 Å². The molecule has 0 atom stereocenters. The Kier molecular flexibility index (Phi) is 3.62. The summed E-state index contributed by atoms with van der Waals surface area (Å²) in [6, 6.07) is 3.92. The molecule has 0 radical (unpaired) electrons. The lowest BCUT2D eigenvalue weighted by Gasteiger charge is -2.02. The molecule has 0 bridgehead atoms. The molecule has 0 saturated heterocycles. The maximum atomic E-state index is 11.8. The number of fused-ring (bicyclic) bond motifs is 1. The molecular weight excluding hydrogens is 230 g/mol. The minimum atomic E-state index is -0.391. The van der Waals surface area contributed by atoms with Gasteiger partial charge < -0.3 is 14.5 Å². The minimum absolute atomic E-state index is 0.390. The molecule has 2 aromatic rings. The molecular formula is C13H17N3O2. The highest BCUT2D eigenvalue weighted by atomic mass is 16.5. The second-order valence-electron chi connectivity index (χ2n) is 4.13. The molecule has 0 spiro atoms. The predicted octanol–water partition coefficient (Wildman–Crippen LogP) is 1.19. The van der Waals surface area contributed by atoms with Crippen LogP contribution in [0.3, 0.4) is 0 Å². The first-order valence-corrected chi connectivity index (χ1v) is 5.88. The Balaban J connectivity index is 2.60. The highest BCUT2D eigenvalue weighted by Crippen LogP contribution is 2.18. The fourth-order valence-electron chi connectivity index (χ4n) is 2.02. The van der Waals surface area contributed by atoms with Gasteiger partial charge in [-0.2, -0.15) is 0 Å². The van der Waals surface area contributed by atoms with Crippen molar-refractivity contribution >= 4 is 11.5 Å². The minimum Gasteiger partial charge on any atom is -0.464 e. The number of carbonyl (C=O) groups excluding carboxylic acids is 1. The van der Waals surface area contributed by atoms with Crippen LogP contribution in [-0.4, -0.2) is 36.1 Å². The highest BCUT2D eigenvalue weighted by Gasteiger charge is 2.18. The van der Waals surface area contributed by atoms with Crippen molar-refractivity contribution in [3.8, 4) is 0 Å². The van der Waals surface area contributed by atoms with Gasteiger partial charge in [-0.05, 0) is 25.6 Å². The second-order valence-corrected chi connectivity index (χ2v) is 4.13. The van der Waals surface area contributed by atoms with Crippen LogP contribution in [0.15, 0.2) is 18.3 Å². The third-order valence-electron chi connectivity index (χ3n) is 2.92. The fraction of sp³-hybridized carbons (Fsp3) is 0.385. The number of ether oxygens (including phenoxy) is 1. The van der Waals surface area contributed by atoms with Crippen molar-refractivity contribution in [2.24, 2.45) is 0 Å². The first-order chi connectivity index (χ1) is 8.69. The molecule has 5 heteroatoms. The third kappa shape index (κ3) is 2.09. The zero-order valence-electron chi connectivity index (χ0n) is 10.9. The van der Waals surface area contributed by atoms with E-state index in [1.165, 1.54) is 7.11 Å². The van der Waals surface area contributed by atoms with E-state index in [2.05, 4.69) is 10.3 Å². The molecule has 0 unspecified atom stereocenters. The van der Waals surface area contributed by atoms with E-state index >= 15 is 0 Å². The molecule has 0 amide bonds. The number of hydrogen-bond donors (Lipinski definition) is 1. The van der Waals surface area contributed by atoms with Crippen molar-refractivity contribution in [2.45, 2.75) is 13.3 Å². The van der Waals surface area contributed by atoms with E-state index in [9.17, 15) is 4.79 Å².